The Balaban J connectivity index is 2.96. The Morgan fingerprint density at radius 3 is 2.36 bits per heavy atom. The van der Waals surface area contributed by atoms with E-state index in [2.05, 4.69) is 0 Å². The number of halogens is 3. The van der Waals surface area contributed by atoms with Crippen LogP contribution in [-0.4, -0.2) is 11.3 Å². The fourth-order valence-corrected chi connectivity index (χ4v) is 1.32. The molecule has 1 N–H and O–H groups in total. The van der Waals surface area contributed by atoms with E-state index in [9.17, 15) is 18.3 Å². The predicted molar refractivity (Wildman–Crippen MR) is 46.8 cm³/mol. The summed E-state index contributed by atoms with van der Waals surface area (Å²) in [5.74, 6) is 0. The van der Waals surface area contributed by atoms with Crippen molar-refractivity contribution < 1.29 is 18.3 Å². The van der Waals surface area contributed by atoms with Crippen molar-refractivity contribution in [3.63, 3.8) is 0 Å². The molecule has 0 saturated heterocycles. The highest BCUT2D eigenvalue weighted by Crippen LogP contribution is 2.26. The van der Waals surface area contributed by atoms with Crippen molar-refractivity contribution in [3.05, 3.63) is 35.4 Å². The molecule has 1 atom stereocenters. The van der Waals surface area contributed by atoms with E-state index >= 15 is 0 Å². The lowest BCUT2D eigenvalue weighted by molar-refractivity contribution is -0.127. The van der Waals surface area contributed by atoms with E-state index in [1.165, 1.54) is 25.1 Å². The molecule has 0 aliphatic heterocycles. The number of alkyl halides is 3. The first kappa shape index (κ1) is 11.0. The Morgan fingerprint density at radius 1 is 1.29 bits per heavy atom. The standard InChI is InChI=1S/C10H11F3O/c1-7(14)9-5-3-2-4-8(9)6-10(11,12)13/h2-5,7,14H,6H2,1H3. The van der Waals surface area contributed by atoms with Crippen LogP contribution in [0.2, 0.25) is 0 Å². The number of hydrogen-bond acceptors (Lipinski definition) is 1. The second-order valence-electron chi connectivity index (χ2n) is 3.17. The molecule has 0 bridgehead atoms. The number of rotatable bonds is 2. The average molecular weight is 204 g/mol. The number of aliphatic hydroxyl groups is 1. The van der Waals surface area contributed by atoms with Crippen molar-refractivity contribution in [3.8, 4) is 0 Å². The van der Waals surface area contributed by atoms with Crippen molar-refractivity contribution in [1.82, 2.24) is 0 Å². The Hall–Kier alpha value is -1.03. The number of hydrogen-bond donors (Lipinski definition) is 1. The third-order valence-electron chi connectivity index (χ3n) is 1.90. The van der Waals surface area contributed by atoms with Gasteiger partial charge in [-0.1, -0.05) is 24.3 Å². The van der Waals surface area contributed by atoms with Crippen LogP contribution in [0.3, 0.4) is 0 Å². The van der Waals surface area contributed by atoms with Crippen LogP contribution < -0.4 is 0 Å². The van der Waals surface area contributed by atoms with Crippen molar-refractivity contribution in [2.75, 3.05) is 0 Å². The fraction of sp³-hybridized carbons (Fsp3) is 0.400. The van der Waals surface area contributed by atoms with E-state index in [-0.39, 0.29) is 5.56 Å². The van der Waals surface area contributed by atoms with Crippen molar-refractivity contribution in [2.45, 2.75) is 25.6 Å². The van der Waals surface area contributed by atoms with E-state index in [1.807, 2.05) is 0 Å². The molecule has 1 aromatic carbocycles. The number of benzene rings is 1. The fourth-order valence-electron chi connectivity index (χ4n) is 1.32. The molecule has 78 valence electrons. The summed E-state index contributed by atoms with van der Waals surface area (Å²) in [6, 6.07) is 6.04. The van der Waals surface area contributed by atoms with Crippen LogP contribution >= 0.6 is 0 Å². The van der Waals surface area contributed by atoms with E-state index < -0.39 is 18.7 Å². The highest BCUT2D eigenvalue weighted by atomic mass is 19.4. The van der Waals surface area contributed by atoms with Crippen LogP contribution in [0, 0.1) is 0 Å². The molecule has 0 saturated carbocycles. The van der Waals surface area contributed by atoms with Crippen molar-refractivity contribution >= 4 is 0 Å². The SMILES string of the molecule is CC(O)c1ccccc1CC(F)(F)F. The summed E-state index contributed by atoms with van der Waals surface area (Å²) in [5, 5.41) is 9.23. The zero-order chi connectivity index (χ0) is 10.8. The minimum absolute atomic E-state index is 0.134. The minimum Gasteiger partial charge on any atom is -0.389 e. The summed E-state index contributed by atoms with van der Waals surface area (Å²) in [7, 11) is 0. The molecular weight excluding hydrogens is 193 g/mol. The monoisotopic (exact) mass is 204 g/mol. The van der Waals surface area contributed by atoms with E-state index in [4.69, 9.17) is 0 Å². The molecule has 0 heterocycles. The first-order chi connectivity index (χ1) is 6.40. The Kier molecular flexibility index (Phi) is 3.16. The normalized spacial score (nSPS) is 14.1. The lowest BCUT2D eigenvalue weighted by atomic mass is 10.0. The number of aliphatic hydroxyl groups excluding tert-OH is 1. The summed E-state index contributed by atoms with van der Waals surface area (Å²) in [4.78, 5) is 0. The van der Waals surface area contributed by atoms with Gasteiger partial charge in [0.05, 0.1) is 12.5 Å². The smallest absolute Gasteiger partial charge is 0.389 e. The van der Waals surface area contributed by atoms with Crippen LogP contribution in [0.5, 0.6) is 0 Å². The van der Waals surface area contributed by atoms with Crippen molar-refractivity contribution in [2.24, 2.45) is 0 Å². The van der Waals surface area contributed by atoms with Crippen LogP contribution in [0.25, 0.3) is 0 Å². The average Bonchev–Trinajstić information content (AvgIpc) is 2.01. The Bertz CT molecular complexity index is 304. The third kappa shape index (κ3) is 3.03. The first-order valence-electron chi connectivity index (χ1n) is 4.23. The van der Waals surface area contributed by atoms with Crippen molar-refractivity contribution in [1.29, 1.82) is 0 Å². The molecule has 1 unspecified atom stereocenters. The summed E-state index contributed by atoms with van der Waals surface area (Å²) >= 11 is 0. The van der Waals surface area contributed by atoms with Gasteiger partial charge in [-0.25, -0.2) is 0 Å². The lowest BCUT2D eigenvalue weighted by Gasteiger charge is -2.13. The molecule has 1 nitrogen and oxygen atoms in total. The zero-order valence-electron chi connectivity index (χ0n) is 7.67. The van der Waals surface area contributed by atoms with Crippen LogP contribution in [0.15, 0.2) is 24.3 Å². The molecule has 0 amide bonds. The molecule has 0 aliphatic carbocycles. The van der Waals surface area contributed by atoms with Gasteiger partial charge in [0.2, 0.25) is 0 Å². The topological polar surface area (TPSA) is 20.2 Å². The lowest BCUT2D eigenvalue weighted by Crippen LogP contribution is -2.13. The molecule has 0 aromatic heterocycles. The largest absolute Gasteiger partial charge is 0.393 e. The van der Waals surface area contributed by atoms with Gasteiger partial charge < -0.3 is 5.11 Å². The van der Waals surface area contributed by atoms with E-state index in [0.29, 0.717) is 5.56 Å². The maximum absolute atomic E-state index is 12.1. The molecule has 14 heavy (non-hydrogen) atoms. The van der Waals surface area contributed by atoms with E-state index in [1.54, 1.807) is 6.07 Å². The van der Waals surface area contributed by atoms with Gasteiger partial charge in [-0.15, -0.1) is 0 Å². The molecule has 0 spiro atoms. The highest BCUT2D eigenvalue weighted by molar-refractivity contribution is 5.29. The second kappa shape index (κ2) is 4.00. The van der Waals surface area contributed by atoms with Gasteiger partial charge in [0.25, 0.3) is 0 Å². The Labute approximate surface area is 80.2 Å². The van der Waals surface area contributed by atoms with Gasteiger partial charge in [0.1, 0.15) is 0 Å². The summed E-state index contributed by atoms with van der Waals surface area (Å²) < 4.78 is 36.3. The molecule has 1 aromatic rings. The van der Waals surface area contributed by atoms with Crippen LogP contribution in [-0.2, 0) is 6.42 Å². The van der Waals surface area contributed by atoms with Crippen LogP contribution in [0.4, 0.5) is 13.2 Å². The van der Waals surface area contributed by atoms with Gasteiger partial charge >= 0.3 is 6.18 Å². The first-order valence-corrected chi connectivity index (χ1v) is 4.23. The van der Waals surface area contributed by atoms with Gasteiger partial charge in [-0.05, 0) is 18.1 Å². The summed E-state index contributed by atoms with van der Waals surface area (Å²) in [5.41, 5.74) is 0.472. The molecule has 1 rings (SSSR count). The quantitative estimate of drug-likeness (QED) is 0.785. The second-order valence-corrected chi connectivity index (χ2v) is 3.17. The molecule has 4 heteroatoms. The maximum atomic E-state index is 12.1. The predicted octanol–water partition coefficient (Wildman–Crippen LogP) is 2.84. The summed E-state index contributed by atoms with van der Waals surface area (Å²) in [6.45, 7) is 1.45. The van der Waals surface area contributed by atoms with E-state index in [0.717, 1.165) is 0 Å². The Morgan fingerprint density at radius 2 is 1.86 bits per heavy atom. The summed E-state index contributed by atoms with van der Waals surface area (Å²) in [6.07, 6.45) is -6.09. The maximum Gasteiger partial charge on any atom is 0.393 e. The van der Waals surface area contributed by atoms with Crippen LogP contribution in [0.1, 0.15) is 24.2 Å². The molecule has 0 fully saturated rings. The molecule has 0 aliphatic rings. The highest BCUT2D eigenvalue weighted by Gasteiger charge is 2.29. The minimum atomic E-state index is -4.23. The van der Waals surface area contributed by atoms with Gasteiger partial charge in [0.15, 0.2) is 0 Å². The van der Waals surface area contributed by atoms with Gasteiger partial charge in [0, 0.05) is 0 Å². The molecule has 0 radical (unpaired) electrons. The third-order valence-corrected chi connectivity index (χ3v) is 1.90. The molecular formula is C10H11F3O. The zero-order valence-corrected chi connectivity index (χ0v) is 7.67. The van der Waals surface area contributed by atoms with Gasteiger partial charge in [-0.2, -0.15) is 13.2 Å². The van der Waals surface area contributed by atoms with Gasteiger partial charge in [-0.3, -0.25) is 0 Å².